The molecule has 0 aliphatic carbocycles. The largest absolute Gasteiger partial charge is 0.365 e. The lowest BCUT2D eigenvalue weighted by molar-refractivity contribution is -0.0110. The Kier molecular flexibility index (Phi) is 2.22. The molecule has 3 N–H and O–H groups in total. The third-order valence-electron chi connectivity index (χ3n) is 1.43. The Morgan fingerprint density at radius 3 is 2.67 bits per heavy atom. The maximum atomic E-state index is 8.64. The topological polar surface area (TPSA) is 52.5 Å². The summed E-state index contributed by atoms with van der Waals surface area (Å²) >= 11 is 0. The monoisotopic (exact) mass is 129 g/mol. The summed E-state index contributed by atoms with van der Waals surface area (Å²) in [5.74, 6) is 0. The van der Waals surface area contributed by atoms with E-state index < -0.39 is 6.29 Å². The molecule has 0 aromatic heterocycles. The second-order valence-corrected chi connectivity index (χ2v) is 2.11. The maximum Gasteiger partial charge on any atom is 0.174 e. The van der Waals surface area contributed by atoms with Crippen LogP contribution < -0.4 is 5.32 Å². The molecular weight excluding hydrogens is 118 g/mol. The quantitative estimate of drug-likeness (QED) is 0.321. The standard InChI is InChI=1S/C6H11NO2/c8-6(9)5-1-3-7-4-2-5/h1,6-9H,2-4H2. The summed E-state index contributed by atoms with van der Waals surface area (Å²) in [5.41, 5.74) is 0.730. The Balaban J connectivity index is 2.46. The molecule has 52 valence electrons. The summed E-state index contributed by atoms with van der Waals surface area (Å²) in [6.07, 6.45) is 1.32. The number of aliphatic hydroxyl groups excluding tert-OH is 1. The summed E-state index contributed by atoms with van der Waals surface area (Å²) in [6.45, 7) is 1.61. The average Bonchev–Trinajstić information content (AvgIpc) is 1.90. The lowest BCUT2D eigenvalue weighted by atomic mass is 10.1. The molecular formula is C6H11NO2. The summed E-state index contributed by atoms with van der Waals surface area (Å²) in [5, 5.41) is 20.3. The van der Waals surface area contributed by atoms with Gasteiger partial charge in [-0.2, -0.15) is 0 Å². The van der Waals surface area contributed by atoms with Crippen LogP contribution in [0.25, 0.3) is 0 Å². The lowest BCUT2D eigenvalue weighted by Crippen LogP contribution is -2.24. The first kappa shape index (κ1) is 6.74. The van der Waals surface area contributed by atoms with E-state index in [1.165, 1.54) is 0 Å². The molecule has 0 bridgehead atoms. The fourth-order valence-corrected chi connectivity index (χ4v) is 0.875. The average molecular weight is 129 g/mol. The highest BCUT2D eigenvalue weighted by atomic mass is 16.5. The summed E-state index contributed by atoms with van der Waals surface area (Å²) in [7, 11) is 0. The Hall–Kier alpha value is -0.380. The maximum absolute atomic E-state index is 8.64. The predicted octanol–water partition coefficient (Wildman–Crippen LogP) is -0.783. The minimum Gasteiger partial charge on any atom is -0.365 e. The highest BCUT2D eigenvalue weighted by Gasteiger charge is 2.08. The van der Waals surface area contributed by atoms with Crippen LogP contribution in [0.5, 0.6) is 0 Å². The molecule has 0 fully saturated rings. The SMILES string of the molecule is OC(O)C1=CCNCC1. The Bertz CT molecular complexity index is 120. The minimum atomic E-state index is -1.24. The molecule has 1 heterocycles. The molecule has 0 radical (unpaired) electrons. The van der Waals surface area contributed by atoms with E-state index in [1.54, 1.807) is 0 Å². The predicted molar refractivity (Wildman–Crippen MR) is 33.8 cm³/mol. The zero-order valence-electron chi connectivity index (χ0n) is 5.17. The molecule has 0 atom stereocenters. The van der Waals surface area contributed by atoms with Crippen LogP contribution in [0.2, 0.25) is 0 Å². The lowest BCUT2D eigenvalue weighted by Gasteiger charge is -2.14. The van der Waals surface area contributed by atoms with E-state index in [2.05, 4.69) is 5.32 Å². The Labute approximate surface area is 54.0 Å². The van der Waals surface area contributed by atoms with Crippen LogP contribution in [0.4, 0.5) is 0 Å². The van der Waals surface area contributed by atoms with Gasteiger partial charge in [-0.3, -0.25) is 0 Å². The van der Waals surface area contributed by atoms with Gasteiger partial charge in [-0.15, -0.1) is 0 Å². The minimum absolute atomic E-state index is 0.730. The van der Waals surface area contributed by atoms with Crippen molar-refractivity contribution in [3.63, 3.8) is 0 Å². The van der Waals surface area contributed by atoms with Gasteiger partial charge >= 0.3 is 0 Å². The van der Waals surface area contributed by atoms with Gasteiger partial charge in [0.1, 0.15) is 0 Å². The van der Waals surface area contributed by atoms with E-state index in [9.17, 15) is 0 Å². The van der Waals surface area contributed by atoms with Crippen molar-refractivity contribution in [2.24, 2.45) is 0 Å². The van der Waals surface area contributed by atoms with Crippen LogP contribution in [0.3, 0.4) is 0 Å². The van der Waals surface area contributed by atoms with Crippen LogP contribution in [-0.2, 0) is 0 Å². The summed E-state index contributed by atoms with van der Waals surface area (Å²) in [6, 6.07) is 0. The van der Waals surface area contributed by atoms with Gasteiger partial charge in [0.2, 0.25) is 0 Å². The number of hydrogen-bond acceptors (Lipinski definition) is 3. The fourth-order valence-electron chi connectivity index (χ4n) is 0.875. The molecule has 0 amide bonds. The molecule has 0 aromatic rings. The number of hydrogen-bond donors (Lipinski definition) is 3. The zero-order valence-corrected chi connectivity index (χ0v) is 5.17. The van der Waals surface area contributed by atoms with E-state index in [-0.39, 0.29) is 0 Å². The third-order valence-corrected chi connectivity index (χ3v) is 1.43. The van der Waals surface area contributed by atoms with Gasteiger partial charge in [0.15, 0.2) is 6.29 Å². The van der Waals surface area contributed by atoms with E-state index in [1.807, 2.05) is 6.08 Å². The third kappa shape index (κ3) is 1.78. The van der Waals surface area contributed by atoms with Crippen LogP contribution in [-0.4, -0.2) is 29.6 Å². The van der Waals surface area contributed by atoms with Crippen molar-refractivity contribution < 1.29 is 10.2 Å². The summed E-state index contributed by atoms with van der Waals surface area (Å²) in [4.78, 5) is 0. The van der Waals surface area contributed by atoms with Gasteiger partial charge in [0, 0.05) is 6.54 Å². The molecule has 0 saturated carbocycles. The summed E-state index contributed by atoms with van der Waals surface area (Å²) < 4.78 is 0. The van der Waals surface area contributed by atoms with Crippen molar-refractivity contribution in [1.29, 1.82) is 0 Å². The molecule has 0 saturated heterocycles. The highest BCUT2D eigenvalue weighted by molar-refractivity contribution is 5.08. The first-order valence-electron chi connectivity index (χ1n) is 3.06. The number of rotatable bonds is 1. The second kappa shape index (κ2) is 2.96. The fraction of sp³-hybridized carbons (Fsp3) is 0.667. The number of nitrogens with one attached hydrogen (secondary N) is 1. The van der Waals surface area contributed by atoms with Crippen molar-refractivity contribution in [2.75, 3.05) is 13.1 Å². The van der Waals surface area contributed by atoms with Crippen LogP contribution in [0.15, 0.2) is 11.6 Å². The Morgan fingerprint density at radius 1 is 1.56 bits per heavy atom. The van der Waals surface area contributed by atoms with Crippen molar-refractivity contribution in [3.8, 4) is 0 Å². The zero-order chi connectivity index (χ0) is 6.69. The van der Waals surface area contributed by atoms with E-state index in [4.69, 9.17) is 10.2 Å². The van der Waals surface area contributed by atoms with Crippen molar-refractivity contribution >= 4 is 0 Å². The van der Waals surface area contributed by atoms with Crippen molar-refractivity contribution in [1.82, 2.24) is 5.32 Å². The van der Waals surface area contributed by atoms with Gasteiger partial charge in [0.05, 0.1) is 0 Å². The molecule has 0 aromatic carbocycles. The van der Waals surface area contributed by atoms with E-state index >= 15 is 0 Å². The molecule has 1 rings (SSSR count). The highest BCUT2D eigenvalue weighted by Crippen LogP contribution is 2.06. The molecule has 0 unspecified atom stereocenters. The van der Waals surface area contributed by atoms with E-state index in [0.717, 1.165) is 25.1 Å². The molecule has 9 heavy (non-hydrogen) atoms. The Morgan fingerprint density at radius 2 is 2.33 bits per heavy atom. The molecule has 0 spiro atoms. The van der Waals surface area contributed by atoms with Gasteiger partial charge in [-0.25, -0.2) is 0 Å². The molecule has 1 aliphatic heterocycles. The molecule has 3 nitrogen and oxygen atoms in total. The first-order chi connectivity index (χ1) is 4.30. The number of aliphatic hydroxyl groups is 2. The van der Waals surface area contributed by atoms with Crippen LogP contribution >= 0.6 is 0 Å². The van der Waals surface area contributed by atoms with Gasteiger partial charge in [-0.1, -0.05) is 6.08 Å². The van der Waals surface area contributed by atoms with Gasteiger partial charge in [0.25, 0.3) is 0 Å². The van der Waals surface area contributed by atoms with E-state index in [0.29, 0.717) is 0 Å². The normalized spacial score (nSPS) is 20.1. The van der Waals surface area contributed by atoms with Gasteiger partial charge in [-0.05, 0) is 18.5 Å². The van der Waals surface area contributed by atoms with Crippen molar-refractivity contribution in [2.45, 2.75) is 12.7 Å². The van der Waals surface area contributed by atoms with Crippen LogP contribution in [0, 0.1) is 0 Å². The van der Waals surface area contributed by atoms with Crippen molar-refractivity contribution in [3.05, 3.63) is 11.6 Å². The van der Waals surface area contributed by atoms with Gasteiger partial charge < -0.3 is 15.5 Å². The molecule has 1 aliphatic rings. The van der Waals surface area contributed by atoms with Crippen LogP contribution in [0.1, 0.15) is 6.42 Å². The smallest absolute Gasteiger partial charge is 0.174 e. The molecule has 3 heteroatoms. The first-order valence-corrected chi connectivity index (χ1v) is 3.06. The second-order valence-electron chi connectivity index (χ2n) is 2.11.